The largest absolute Gasteiger partial charge is 0.478 e. The predicted molar refractivity (Wildman–Crippen MR) is 65.7 cm³/mol. The first-order valence-electron chi connectivity index (χ1n) is 5.85. The van der Waals surface area contributed by atoms with Crippen molar-refractivity contribution in [1.29, 1.82) is 0 Å². The molecule has 0 fully saturated rings. The SMILES string of the molecule is CCCOc1ccnc(NC(C)C(C)C)n1. The lowest BCUT2D eigenvalue weighted by Gasteiger charge is -2.17. The van der Waals surface area contributed by atoms with Gasteiger partial charge in [0, 0.05) is 18.3 Å². The molecule has 0 aliphatic heterocycles. The molecule has 0 saturated carbocycles. The van der Waals surface area contributed by atoms with Crippen LogP contribution in [0.4, 0.5) is 5.95 Å². The Bertz CT molecular complexity index is 315. The van der Waals surface area contributed by atoms with Crippen molar-refractivity contribution in [3.8, 4) is 5.88 Å². The quantitative estimate of drug-likeness (QED) is 0.805. The summed E-state index contributed by atoms with van der Waals surface area (Å²) in [7, 11) is 0. The lowest BCUT2D eigenvalue weighted by Crippen LogP contribution is -2.22. The molecule has 1 N–H and O–H groups in total. The van der Waals surface area contributed by atoms with Crippen LogP contribution in [0.1, 0.15) is 34.1 Å². The van der Waals surface area contributed by atoms with Gasteiger partial charge in [-0.2, -0.15) is 4.98 Å². The Morgan fingerprint density at radius 1 is 1.38 bits per heavy atom. The highest BCUT2D eigenvalue weighted by Gasteiger charge is 2.08. The van der Waals surface area contributed by atoms with Gasteiger partial charge in [-0.1, -0.05) is 20.8 Å². The molecule has 90 valence electrons. The van der Waals surface area contributed by atoms with Crippen molar-refractivity contribution < 1.29 is 4.74 Å². The number of ether oxygens (including phenoxy) is 1. The van der Waals surface area contributed by atoms with Crippen LogP contribution in [-0.2, 0) is 0 Å². The summed E-state index contributed by atoms with van der Waals surface area (Å²) in [6.07, 6.45) is 2.70. The molecule has 1 atom stereocenters. The molecule has 1 rings (SSSR count). The zero-order chi connectivity index (χ0) is 12.0. The second-order valence-electron chi connectivity index (χ2n) is 4.24. The molecule has 1 aromatic rings. The first kappa shape index (κ1) is 12.7. The maximum atomic E-state index is 5.45. The first-order chi connectivity index (χ1) is 7.63. The van der Waals surface area contributed by atoms with Gasteiger partial charge >= 0.3 is 0 Å². The summed E-state index contributed by atoms with van der Waals surface area (Å²) in [6.45, 7) is 9.20. The van der Waals surface area contributed by atoms with E-state index in [2.05, 4.69) is 43.0 Å². The monoisotopic (exact) mass is 223 g/mol. The number of anilines is 1. The van der Waals surface area contributed by atoms with E-state index in [1.165, 1.54) is 0 Å². The molecule has 0 aliphatic rings. The van der Waals surface area contributed by atoms with Crippen molar-refractivity contribution in [3.63, 3.8) is 0 Å². The molecule has 4 heteroatoms. The van der Waals surface area contributed by atoms with E-state index >= 15 is 0 Å². The zero-order valence-electron chi connectivity index (χ0n) is 10.5. The summed E-state index contributed by atoms with van der Waals surface area (Å²) in [5, 5.41) is 3.26. The number of rotatable bonds is 6. The van der Waals surface area contributed by atoms with Crippen LogP contribution in [0.15, 0.2) is 12.3 Å². The van der Waals surface area contributed by atoms with Crippen molar-refractivity contribution in [1.82, 2.24) is 9.97 Å². The summed E-state index contributed by atoms with van der Waals surface area (Å²) in [6, 6.07) is 2.13. The Kier molecular flexibility index (Phi) is 5.02. The Morgan fingerprint density at radius 2 is 2.12 bits per heavy atom. The smallest absolute Gasteiger partial charge is 0.226 e. The molecule has 1 unspecified atom stereocenters. The highest BCUT2D eigenvalue weighted by Crippen LogP contribution is 2.11. The molecule has 0 amide bonds. The van der Waals surface area contributed by atoms with Crippen molar-refractivity contribution in [2.24, 2.45) is 5.92 Å². The maximum absolute atomic E-state index is 5.45. The fourth-order valence-corrected chi connectivity index (χ4v) is 1.07. The average molecular weight is 223 g/mol. The molecule has 0 aromatic carbocycles. The summed E-state index contributed by atoms with van der Waals surface area (Å²) in [5.74, 6) is 1.81. The van der Waals surface area contributed by atoms with Crippen LogP contribution in [-0.4, -0.2) is 22.6 Å². The van der Waals surface area contributed by atoms with Gasteiger partial charge in [-0.3, -0.25) is 0 Å². The van der Waals surface area contributed by atoms with E-state index in [1.807, 2.05) is 0 Å². The molecule has 0 aliphatic carbocycles. The van der Waals surface area contributed by atoms with Gasteiger partial charge in [0.05, 0.1) is 6.61 Å². The maximum Gasteiger partial charge on any atom is 0.226 e. The van der Waals surface area contributed by atoms with Crippen molar-refractivity contribution in [2.75, 3.05) is 11.9 Å². The highest BCUT2D eigenvalue weighted by atomic mass is 16.5. The molecule has 4 nitrogen and oxygen atoms in total. The Balaban J connectivity index is 2.59. The summed E-state index contributed by atoms with van der Waals surface area (Å²) in [5.41, 5.74) is 0. The molecule has 0 saturated heterocycles. The normalized spacial score (nSPS) is 12.6. The van der Waals surface area contributed by atoms with E-state index < -0.39 is 0 Å². The lowest BCUT2D eigenvalue weighted by molar-refractivity contribution is 0.305. The van der Waals surface area contributed by atoms with Crippen LogP contribution < -0.4 is 10.1 Å². The van der Waals surface area contributed by atoms with Crippen LogP contribution in [0.5, 0.6) is 5.88 Å². The van der Waals surface area contributed by atoms with E-state index in [9.17, 15) is 0 Å². The summed E-state index contributed by atoms with van der Waals surface area (Å²) < 4.78 is 5.45. The predicted octanol–water partition coefficient (Wildman–Crippen LogP) is 2.72. The Hall–Kier alpha value is -1.32. The molecular weight excluding hydrogens is 202 g/mol. The van der Waals surface area contributed by atoms with E-state index in [4.69, 9.17) is 4.74 Å². The molecule has 0 radical (unpaired) electrons. The van der Waals surface area contributed by atoms with E-state index in [0.717, 1.165) is 6.42 Å². The van der Waals surface area contributed by atoms with Gasteiger partial charge in [-0.05, 0) is 19.3 Å². The molecule has 1 aromatic heterocycles. The zero-order valence-corrected chi connectivity index (χ0v) is 10.5. The number of hydrogen-bond acceptors (Lipinski definition) is 4. The fourth-order valence-electron chi connectivity index (χ4n) is 1.07. The van der Waals surface area contributed by atoms with Crippen LogP contribution in [0.25, 0.3) is 0 Å². The topological polar surface area (TPSA) is 47.0 Å². The first-order valence-corrected chi connectivity index (χ1v) is 5.85. The van der Waals surface area contributed by atoms with E-state index in [0.29, 0.717) is 30.4 Å². The highest BCUT2D eigenvalue weighted by molar-refractivity contribution is 5.28. The van der Waals surface area contributed by atoms with E-state index in [1.54, 1.807) is 12.3 Å². The van der Waals surface area contributed by atoms with Gasteiger partial charge in [-0.15, -0.1) is 0 Å². The molecule has 1 heterocycles. The van der Waals surface area contributed by atoms with Gasteiger partial charge < -0.3 is 10.1 Å². The molecule has 0 bridgehead atoms. The minimum absolute atomic E-state index is 0.349. The van der Waals surface area contributed by atoms with Crippen molar-refractivity contribution in [3.05, 3.63) is 12.3 Å². The van der Waals surface area contributed by atoms with Crippen molar-refractivity contribution >= 4 is 5.95 Å². The van der Waals surface area contributed by atoms with Gasteiger partial charge in [0.2, 0.25) is 11.8 Å². The third-order valence-corrected chi connectivity index (χ3v) is 2.44. The number of nitrogens with zero attached hydrogens (tertiary/aromatic N) is 2. The molecular formula is C12H21N3O. The van der Waals surface area contributed by atoms with E-state index in [-0.39, 0.29) is 0 Å². The van der Waals surface area contributed by atoms with Crippen LogP contribution >= 0.6 is 0 Å². The summed E-state index contributed by atoms with van der Waals surface area (Å²) in [4.78, 5) is 8.46. The second-order valence-corrected chi connectivity index (χ2v) is 4.24. The van der Waals surface area contributed by atoms with Crippen molar-refractivity contribution in [2.45, 2.75) is 40.2 Å². The minimum atomic E-state index is 0.349. The summed E-state index contributed by atoms with van der Waals surface area (Å²) >= 11 is 0. The molecule has 0 spiro atoms. The van der Waals surface area contributed by atoms with Gasteiger partial charge in [0.1, 0.15) is 0 Å². The lowest BCUT2D eigenvalue weighted by atomic mass is 10.1. The third-order valence-electron chi connectivity index (χ3n) is 2.44. The second kappa shape index (κ2) is 6.30. The van der Waals surface area contributed by atoms with Crippen LogP contribution in [0.2, 0.25) is 0 Å². The number of aromatic nitrogens is 2. The number of hydrogen-bond donors (Lipinski definition) is 1. The third kappa shape index (κ3) is 4.04. The fraction of sp³-hybridized carbons (Fsp3) is 0.667. The average Bonchev–Trinajstić information content (AvgIpc) is 2.26. The molecule has 16 heavy (non-hydrogen) atoms. The number of nitrogens with one attached hydrogen (secondary N) is 1. The Morgan fingerprint density at radius 3 is 2.75 bits per heavy atom. The van der Waals surface area contributed by atoms with Gasteiger partial charge in [0.15, 0.2) is 0 Å². The van der Waals surface area contributed by atoms with Gasteiger partial charge in [-0.25, -0.2) is 4.98 Å². The standard InChI is InChI=1S/C12H21N3O/c1-5-8-16-11-6-7-13-12(15-11)14-10(4)9(2)3/h6-7,9-10H,5,8H2,1-4H3,(H,13,14,15). The van der Waals surface area contributed by atoms with Crippen LogP contribution in [0.3, 0.4) is 0 Å². The Labute approximate surface area is 97.5 Å². The van der Waals surface area contributed by atoms with Crippen LogP contribution in [0, 0.1) is 5.92 Å². The van der Waals surface area contributed by atoms with Gasteiger partial charge in [0.25, 0.3) is 0 Å². The minimum Gasteiger partial charge on any atom is -0.478 e.